The molecule has 2 aromatic rings. The van der Waals surface area contributed by atoms with Crippen molar-refractivity contribution < 1.29 is 14.9 Å². The molecule has 2 aliphatic rings. The molecule has 1 aromatic heterocycles. The van der Waals surface area contributed by atoms with Crippen LogP contribution in [0, 0.1) is 6.92 Å². The first-order chi connectivity index (χ1) is 11.6. The van der Waals surface area contributed by atoms with E-state index in [0.29, 0.717) is 6.42 Å². The number of piperidine rings is 1. The second kappa shape index (κ2) is 5.95. The first kappa shape index (κ1) is 15.7. The topological polar surface area (TPSA) is 78.7 Å². The molecule has 0 radical (unpaired) electrons. The molecule has 2 atom stereocenters. The molecule has 24 heavy (non-hydrogen) atoms. The van der Waals surface area contributed by atoms with Gasteiger partial charge >= 0.3 is 0 Å². The van der Waals surface area contributed by atoms with E-state index in [1.54, 1.807) is 0 Å². The van der Waals surface area contributed by atoms with Gasteiger partial charge in [-0.25, -0.2) is 0 Å². The Morgan fingerprint density at radius 2 is 1.79 bits per heavy atom. The zero-order valence-electron chi connectivity index (χ0n) is 13.9. The maximum Gasteiger partial charge on any atom is 0.159 e. The van der Waals surface area contributed by atoms with Gasteiger partial charge in [-0.2, -0.15) is 5.10 Å². The Kier molecular flexibility index (Phi) is 3.90. The van der Waals surface area contributed by atoms with E-state index in [9.17, 15) is 10.2 Å². The van der Waals surface area contributed by atoms with Crippen molar-refractivity contribution in [2.24, 2.45) is 0 Å². The molecule has 0 amide bonds. The lowest BCUT2D eigenvalue weighted by Crippen LogP contribution is -2.54. The van der Waals surface area contributed by atoms with Gasteiger partial charge < -0.3 is 19.8 Å². The van der Waals surface area contributed by atoms with Crippen molar-refractivity contribution in [3.63, 3.8) is 0 Å². The summed E-state index contributed by atoms with van der Waals surface area (Å²) in [5, 5.41) is 30.7. The minimum Gasteiger partial charge on any atom is -0.390 e. The largest absolute Gasteiger partial charge is 0.390 e. The van der Waals surface area contributed by atoms with Crippen LogP contribution in [0.15, 0.2) is 24.3 Å². The second-order valence-electron chi connectivity index (χ2n) is 6.97. The van der Waals surface area contributed by atoms with E-state index in [1.165, 1.54) is 0 Å². The number of nitrogens with zero attached hydrogens (tertiary/aromatic N) is 3. The van der Waals surface area contributed by atoms with Crippen molar-refractivity contribution >= 4 is 16.6 Å². The molecule has 4 rings (SSSR count). The molecular weight excluding hydrogens is 306 g/mol. The van der Waals surface area contributed by atoms with Gasteiger partial charge in [0.1, 0.15) is 6.10 Å². The summed E-state index contributed by atoms with van der Waals surface area (Å²) >= 11 is 0. The molecule has 3 heterocycles. The van der Waals surface area contributed by atoms with Crippen LogP contribution in [0.4, 0.5) is 5.82 Å². The lowest BCUT2D eigenvalue weighted by molar-refractivity contribution is -0.178. The summed E-state index contributed by atoms with van der Waals surface area (Å²) in [7, 11) is 0. The third kappa shape index (κ3) is 2.64. The van der Waals surface area contributed by atoms with Crippen molar-refractivity contribution in [2.75, 3.05) is 24.6 Å². The monoisotopic (exact) mass is 329 g/mol. The molecule has 0 unspecified atom stereocenters. The summed E-state index contributed by atoms with van der Waals surface area (Å²) in [4.78, 5) is 2.25. The van der Waals surface area contributed by atoms with Gasteiger partial charge in [0, 0.05) is 30.3 Å². The molecule has 2 N–H and O–H groups in total. The van der Waals surface area contributed by atoms with Gasteiger partial charge in [-0.15, -0.1) is 5.10 Å². The molecule has 0 saturated carbocycles. The molecule has 2 fully saturated rings. The molecule has 0 aliphatic carbocycles. The van der Waals surface area contributed by atoms with E-state index < -0.39 is 12.2 Å². The number of anilines is 1. The second-order valence-corrected chi connectivity index (χ2v) is 6.97. The highest BCUT2D eigenvalue weighted by Gasteiger charge is 2.43. The van der Waals surface area contributed by atoms with E-state index in [1.807, 2.05) is 19.1 Å². The highest BCUT2D eigenvalue weighted by atomic mass is 16.5. The SMILES string of the molecule is Cc1nnc(N2CCC3(CC2)C[C@@H](O)[C@@H](O)CO3)c2ccccc12. The minimum atomic E-state index is -0.763. The third-order valence-corrected chi connectivity index (χ3v) is 5.41. The number of benzene rings is 1. The summed E-state index contributed by atoms with van der Waals surface area (Å²) in [6.45, 7) is 3.82. The first-order valence-corrected chi connectivity index (χ1v) is 8.55. The number of hydrogen-bond acceptors (Lipinski definition) is 6. The Balaban J connectivity index is 1.56. The lowest BCUT2D eigenvalue weighted by Gasteiger charge is -2.46. The Bertz CT molecular complexity index is 743. The Morgan fingerprint density at radius 1 is 1.08 bits per heavy atom. The van der Waals surface area contributed by atoms with E-state index >= 15 is 0 Å². The zero-order chi connectivity index (χ0) is 16.7. The normalized spacial score (nSPS) is 26.9. The fourth-order valence-electron chi connectivity index (χ4n) is 3.88. The quantitative estimate of drug-likeness (QED) is 0.824. The van der Waals surface area contributed by atoms with Gasteiger partial charge in [0.05, 0.1) is 24.0 Å². The summed E-state index contributed by atoms with van der Waals surface area (Å²) in [5.41, 5.74) is 0.624. The number of fused-ring (bicyclic) bond motifs is 1. The maximum atomic E-state index is 9.98. The minimum absolute atomic E-state index is 0.217. The molecule has 1 aromatic carbocycles. The van der Waals surface area contributed by atoms with Crippen molar-refractivity contribution in [1.82, 2.24) is 10.2 Å². The molecule has 2 aliphatic heterocycles. The van der Waals surface area contributed by atoms with Gasteiger partial charge in [-0.1, -0.05) is 24.3 Å². The van der Waals surface area contributed by atoms with Gasteiger partial charge in [0.25, 0.3) is 0 Å². The number of aliphatic hydroxyl groups is 2. The maximum absolute atomic E-state index is 9.98. The number of aryl methyl sites for hydroxylation is 1. The first-order valence-electron chi connectivity index (χ1n) is 8.55. The number of hydrogen-bond donors (Lipinski definition) is 2. The number of aliphatic hydroxyl groups excluding tert-OH is 2. The Morgan fingerprint density at radius 3 is 2.50 bits per heavy atom. The Hall–Kier alpha value is -1.76. The molecule has 6 heteroatoms. The summed E-state index contributed by atoms with van der Waals surface area (Å²) in [5.74, 6) is 0.919. The predicted molar refractivity (Wildman–Crippen MR) is 91.0 cm³/mol. The van der Waals surface area contributed by atoms with E-state index in [4.69, 9.17) is 4.74 Å². The van der Waals surface area contributed by atoms with E-state index in [-0.39, 0.29) is 12.2 Å². The predicted octanol–water partition coefficient (Wildman–Crippen LogP) is 1.42. The van der Waals surface area contributed by atoms with E-state index in [2.05, 4.69) is 27.2 Å². The van der Waals surface area contributed by atoms with Crippen LogP contribution < -0.4 is 4.90 Å². The van der Waals surface area contributed by atoms with Gasteiger partial charge in [0.2, 0.25) is 0 Å². The molecular formula is C18H23N3O3. The van der Waals surface area contributed by atoms with Crippen LogP contribution in [0.5, 0.6) is 0 Å². The van der Waals surface area contributed by atoms with Crippen molar-refractivity contribution in [3.8, 4) is 0 Å². The van der Waals surface area contributed by atoms with Crippen molar-refractivity contribution in [1.29, 1.82) is 0 Å². The van der Waals surface area contributed by atoms with Crippen LogP contribution in [0.25, 0.3) is 10.8 Å². The van der Waals surface area contributed by atoms with Gasteiger partial charge in [0.15, 0.2) is 5.82 Å². The smallest absolute Gasteiger partial charge is 0.159 e. The lowest BCUT2D eigenvalue weighted by atomic mass is 9.82. The van der Waals surface area contributed by atoms with Crippen LogP contribution in [-0.2, 0) is 4.74 Å². The fraction of sp³-hybridized carbons (Fsp3) is 0.556. The average Bonchev–Trinajstić information content (AvgIpc) is 2.60. The van der Waals surface area contributed by atoms with Crippen molar-refractivity contribution in [2.45, 2.75) is 44.0 Å². The van der Waals surface area contributed by atoms with Crippen LogP contribution in [0.3, 0.4) is 0 Å². The molecule has 2 saturated heterocycles. The summed E-state index contributed by atoms with van der Waals surface area (Å²) in [6.07, 6.45) is 0.690. The summed E-state index contributed by atoms with van der Waals surface area (Å²) < 4.78 is 5.91. The molecule has 0 bridgehead atoms. The van der Waals surface area contributed by atoms with Crippen LogP contribution >= 0.6 is 0 Å². The molecule has 1 spiro atoms. The summed E-state index contributed by atoms with van der Waals surface area (Å²) in [6, 6.07) is 8.22. The number of ether oxygens (including phenoxy) is 1. The standard InChI is InChI=1S/C18H23N3O3/c1-12-13-4-2-3-5-14(13)17(20-19-12)21-8-6-18(7-9-21)10-15(22)16(23)11-24-18/h2-5,15-16,22-23H,6-11H2,1H3/t15-,16+/m1/s1. The van der Waals surface area contributed by atoms with Crippen LogP contribution in [-0.4, -0.2) is 57.9 Å². The van der Waals surface area contributed by atoms with Crippen LogP contribution in [0.2, 0.25) is 0 Å². The average molecular weight is 329 g/mol. The highest BCUT2D eigenvalue weighted by Crippen LogP contribution is 2.37. The van der Waals surface area contributed by atoms with E-state index in [0.717, 1.165) is 48.2 Å². The third-order valence-electron chi connectivity index (χ3n) is 5.41. The Labute approximate surface area is 141 Å². The van der Waals surface area contributed by atoms with Crippen molar-refractivity contribution in [3.05, 3.63) is 30.0 Å². The number of aromatic nitrogens is 2. The molecule has 128 valence electrons. The zero-order valence-corrected chi connectivity index (χ0v) is 13.9. The van der Waals surface area contributed by atoms with Gasteiger partial charge in [-0.3, -0.25) is 0 Å². The molecule has 6 nitrogen and oxygen atoms in total. The fourth-order valence-corrected chi connectivity index (χ4v) is 3.88. The van der Waals surface area contributed by atoms with Crippen LogP contribution in [0.1, 0.15) is 25.0 Å². The van der Waals surface area contributed by atoms with Gasteiger partial charge in [-0.05, 0) is 19.8 Å². The number of rotatable bonds is 1. The highest BCUT2D eigenvalue weighted by molar-refractivity contribution is 5.93.